The first-order chi connectivity index (χ1) is 24.5. The summed E-state index contributed by atoms with van der Waals surface area (Å²) in [6, 6.07) is 34.6. The highest BCUT2D eigenvalue weighted by atomic mass is 32.2. The van der Waals surface area contributed by atoms with Crippen molar-refractivity contribution < 1.29 is 25.2 Å². The molecule has 256 valence electrons. The van der Waals surface area contributed by atoms with E-state index in [2.05, 4.69) is 50.1 Å². The second-order valence-electron chi connectivity index (χ2n) is 12.7. The Balaban J connectivity index is 1.24. The van der Waals surface area contributed by atoms with Crippen LogP contribution in [0.3, 0.4) is 0 Å². The molecule has 5 aromatic rings. The first-order valence-electron chi connectivity index (χ1n) is 16.3. The van der Waals surface area contributed by atoms with Crippen LogP contribution < -0.4 is 13.3 Å². The van der Waals surface area contributed by atoms with Crippen LogP contribution in [0.15, 0.2) is 173 Å². The van der Waals surface area contributed by atoms with E-state index in [1.807, 2.05) is 36.4 Å². The summed E-state index contributed by atoms with van der Waals surface area (Å²) in [4.78, 5) is 2.16. The lowest BCUT2D eigenvalue weighted by molar-refractivity contribution is 0.484. The second kappa shape index (κ2) is 13.2. The normalized spacial score (nSPS) is 15.6. The fraction of sp³-hybridized carbons (Fsp3) is 0.0952. The molecule has 0 spiro atoms. The highest BCUT2D eigenvalue weighted by Gasteiger charge is 2.37. The van der Waals surface area contributed by atoms with Gasteiger partial charge in [0.05, 0.1) is 0 Å². The SMILES string of the molecule is CN1/C(=C/C=C/C=C/C=C2c3cc(S(=O)(=O)Oc4ccccc4)ccc3-c3ccc(S(=O)(=O)Oc4ccccc4)cc32)C(C)(C)c2ccccc21. The molecule has 0 bridgehead atoms. The van der Waals surface area contributed by atoms with Gasteiger partial charge in [-0.2, -0.15) is 16.8 Å². The molecule has 5 aromatic carbocycles. The van der Waals surface area contributed by atoms with Crippen molar-refractivity contribution >= 4 is 31.5 Å². The molecular formula is C42H35NO6S2. The number of hydrogen-bond donors (Lipinski definition) is 0. The lowest BCUT2D eigenvalue weighted by Crippen LogP contribution is -2.22. The largest absolute Gasteiger partial charge is 0.379 e. The first kappa shape index (κ1) is 33.8. The minimum atomic E-state index is -4.17. The Labute approximate surface area is 299 Å². The summed E-state index contributed by atoms with van der Waals surface area (Å²) in [5, 5.41) is 0. The van der Waals surface area contributed by atoms with Crippen LogP contribution in [0.2, 0.25) is 0 Å². The van der Waals surface area contributed by atoms with Gasteiger partial charge in [-0.3, -0.25) is 0 Å². The van der Waals surface area contributed by atoms with Crippen molar-refractivity contribution in [3.8, 4) is 22.6 Å². The third kappa shape index (κ3) is 6.54. The number of rotatable bonds is 9. The van der Waals surface area contributed by atoms with E-state index in [4.69, 9.17) is 8.37 Å². The number of allylic oxidation sites excluding steroid dienone is 7. The number of nitrogens with zero attached hydrogens (tertiary/aromatic N) is 1. The van der Waals surface area contributed by atoms with Crippen LogP contribution in [0, 0.1) is 0 Å². The van der Waals surface area contributed by atoms with Crippen LogP contribution in [0.1, 0.15) is 30.5 Å². The lowest BCUT2D eigenvalue weighted by atomic mass is 9.84. The molecule has 1 aliphatic heterocycles. The van der Waals surface area contributed by atoms with E-state index in [1.165, 1.54) is 29.1 Å². The highest BCUT2D eigenvalue weighted by Crippen LogP contribution is 2.47. The van der Waals surface area contributed by atoms with E-state index < -0.39 is 20.2 Å². The smallest absolute Gasteiger partial charge is 0.339 e. The summed E-state index contributed by atoms with van der Waals surface area (Å²) in [5.41, 5.74) is 6.93. The standard InChI is InChI=1S/C42H35NO6S2/c1-42(2)39-21-14-15-22-40(39)43(3)41(42)23-13-5-4-12-20-34-37-28-32(50(44,45)48-30-16-8-6-9-17-30)24-26-35(37)36-27-25-33(29-38(34)36)51(46,47)49-31-18-10-7-11-19-31/h4-29H,1-3H3/b12-4+,13-5+,41-23+. The van der Waals surface area contributed by atoms with Crippen molar-refractivity contribution in [1.29, 1.82) is 0 Å². The van der Waals surface area contributed by atoms with E-state index in [-0.39, 0.29) is 26.7 Å². The average molecular weight is 714 g/mol. The van der Waals surface area contributed by atoms with Crippen molar-refractivity contribution in [3.63, 3.8) is 0 Å². The zero-order valence-corrected chi connectivity index (χ0v) is 29.9. The van der Waals surface area contributed by atoms with Gasteiger partial charge in [-0.05, 0) is 94.1 Å². The van der Waals surface area contributed by atoms with Crippen molar-refractivity contribution in [3.05, 3.63) is 180 Å². The third-order valence-electron chi connectivity index (χ3n) is 9.12. The van der Waals surface area contributed by atoms with Crippen LogP contribution in [0.25, 0.3) is 16.7 Å². The van der Waals surface area contributed by atoms with Crippen LogP contribution >= 0.6 is 0 Å². The minimum Gasteiger partial charge on any atom is -0.379 e. The molecule has 0 saturated carbocycles. The Morgan fingerprint density at radius 1 is 0.549 bits per heavy atom. The van der Waals surface area contributed by atoms with Gasteiger partial charge in [0.2, 0.25) is 0 Å². The number of hydrogen-bond acceptors (Lipinski definition) is 7. The summed E-state index contributed by atoms with van der Waals surface area (Å²) in [6.45, 7) is 4.42. The van der Waals surface area contributed by atoms with Crippen LogP contribution in [-0.4, -0.2) is 23.9 Å². The molecule has 51 heavy (non-hydrogen) atoms. The Morgan fingerprint density at radius 3 is 1.53 bits per heavy atom. The van der Waals surface area contributed by atoms with Gasteiger partial charge in [-0.1, -0.05) is 111 Å². The van der Waals surface area contributed by atoms with Gasteiger partial charge >= 0.3 is 20.2 Å². The highest BCUT2D eigenvalue weighted by molar-refractivity contribution is 7.87. The zero-order chi connectivity index (χ0) is 35.8. The van der Waals surface area contributed by atoms with Gasteiger partial charge < -0.3 is 13.3 Å². The number of anilines is 1. The van der Waals surface area contributed by atoms with E-state index in [9.17, 15) is 16.8 Å². The summed E-state index contributed by atoms with van der Waals surface area (Å²) < 4.78 is 64.2. The third-order valence-corrected chi connectivity index (χ3v) is 11.6. The number of likely N-dealkylation sites (N-methyl/N-ethyl adjacent to an activating group) is 1. The topological polar surface area (TPSA) is 90.0 Å². The van der Waals surface area contributed by atoms with Crippen LogP contribution in [0.5, 0.6) is 11.5 Å². The molecule has 0 radical (unpaired) electrons. The zero-order valence-electron chi connectivity index (χ0n) is 28.2. The number of para-hydroxylation sites is 3. The van der Waals surface area contributed by atoms with Gasteiger partial charge in [-0.25, -0.2) is 0 Å². The molecule has 0 aromatic heterocycles. The Morgan fingerprint density at radius 2 is 1.02 bits per heavy atom. The van der Waals surface area contributed by atoms with Crippen molar-refractivity contribution in [2.75, 3.05) is 11.9 Å². The van der Waals surface area contributed by atoms with Crippen molar-refractivity contribution in [1.82, 2.24) is 0 Å². The fourth-order valence-corrected chi connectivity index (χ4v) is 8.54. The van der Waals surface area contributed by atoms with Gasteiger partial charge in [-0.15, -0.1) is 0 Å². The molecule has 0 amide bonds. The Kier molecular flexibility index (Phi) is 8.79. The molecule has 0 atom stereocenters. The van der Waals surface area contributed by atoms with Crippen molar-refractivity contribution in [2.24, 2.45) is 0 Å². The molecule has 1 aliphatic carbocycles. The van der Waals surface area contributed by atoms with Crippen LogP contribution in [-0.2, 0) is 25.7 Å². The molecule has 7 nitrogen and oxygen atoms in total. The molecule has 1 heterocycles. The first-order valence-corrected chi connectivity index (χ1v) is 19.1. The van der Waals surface area contributed by atoms with Crippen LogP contribution in [0.4, 0.5) is 5.69 Å². The lowest BCUT2D eigenvalue weighted by Gasteiger charge is -2.23. The van der Waals surface area contributed by atoms with Gasteiger partial charge in [0.25, 0.3) is 0 Å². The van der Waals surface area contributed by atoms with E-state index in [0.717, 1.165) is 11.1 Å². The van der Waals surface area contributed by atoms with E-state index in [0.29, 0.717) is 16.7 Å². The molecule has 0 unspecified atom stereocenters. The minimum absolute atomic E-state index is 0.0242. The molecule has 9 heteroatoms. The molecule has 2 aliphatic rings. The summed E-state index contributed by atoms with van der Waals surface area (Å²) in [6.07, 6.45) is 11.6. The maximum atomic E-state index is 13.4. The number of benzene rings is 5. The summed E-state index contributed by atoms with van der Waals surface area (Å²) in [7, 11) is -6.27. The average Bonchev–Trinajstić information content (AvgIpc) is 3.53. The molecule has 0 saturated heterocycles. The molecule has 0 fully saturated rings. The van der Waals surface area contributed by atoms with E-state index in [1.54, 1.807) is 84.9 Å². The second-order valence-corrected chi connectivity index (χ2v) is 15.8. The predicted octanol–water partition coefficient (Wildman–Crippen LogP) is 9.06. The number of fused-ring (bicyclic) bond motifs is 4. The maximum absolute atomic E-state index is 13.4. The molecule has 0 N–H and O–H groups in total. The Bertz CT molecular complexity index is 2360. The summed E-state index contributed by atoms with van der Waals surface area (Å²) >= 11 is 0. The molecule has 7 rings (SSSR count). The van der Waals surface area contributed by atoms with Gasteiger partial charge in [0, 0.05) is 23.8 Å². The Hall–Kier alpha value is -5.64. The van der Waals surface area contributed by atoms with Crippen molar-refractivity contribution in [2.45, 2.75) is 29.1 Å². The monoisotopic (exact) mass is 713 g/mol. The summed E-state index contributed by atoms with van der Waals surface area (Å²) in [5.74, 6) is 0.400. The van der Waals surface area contributed by atoms with E-state index >= 15 is 0 Å². The van der Waals surface area contributed by atoms with Gasteiger partial charge in [0.1, 0.15) is 21.3 Å². The maximum Gasteiger partial charge on any atom is 0.339 e. The molecular weight excluding hydrogens is 679 g/mol. The fourth-order valence-electron chi connectivity index (χ4n) is 6.63. The quantitative estimate of drug-likeness (QED) is 0.109. The van der Waals surface area contributed by atoms with Gasteiger partial charge in [0.15, 0.2) is 0 Å². The predicted molar refractivity (Wildman–Crippen MR) is 202 cm³/mol.